The first-order chi connectivity index (χ1) is 16.9. The van der Waals surface area contributed by atoms with E-state index in [1.54, 1.807) is 0 Å². The van der Waals surface area contributed by atoms with Crippen LogP contribution < -0.4 is 10.6 Å². The number of carbonyl (C=O) groups excluding carboxylic acids is 3. The first-order valence-electron chi connectivity index (χ1n) is 12.6. The van der Waals surface area contributed by atoms with Crippen molar-refractivity contribution in [3.8, 4) is 0 Å². The van der Waals surface area contributed by atoms with Gasteiger partial charge in [0.1, 0.15) is 0 Å². The van der Waals surface area contributed by atoms with Gasteiger partial charge in [-0.25, -0.2) is 0 Å². The molecule has 0 radical (unpaired) electrons. The standard InChI is InChI=1S/C28H36N4O3/c1-20-15-21(2)17-23(16-20)28(35)32-12-6-7-22(18-32)27(34)30-25-10-13-31(14-11-25)19-26(33)29-24-8-4-3-5-9-24/h3-5,8-9,15-17,22,25H,6-7,10-14,18-19H2,1-2H3,(H,29,33)(H,30,34). The lowest BCUT2D eigenvalue weighted by Crippen LogP contribution is -2.50. The number of hydrogen-bond donors (Lipinski definition) is 2. The number of aryl methyl sites for hydroxylation is 2. The fraction of sp³-hybridized carbons (Fsp3) is 0.464. The summed E-state index contributed by atoms with van der Waals surface area (Å²) in [4.78, 5) is 42.4. The number of nitrogens with zero attached hydrogens (tertiary/aromatic N) is 2. The second kappa shape index (κ2) is 11.5. The Morgan fingerprint density at radius 3 is 2.29 bits per heavy atom. The van der Waals surface area contributed by atoms with E-state index in [9.17, 15) is 14.4 Å². The Bertz CT molecular complexity index is 1030. The fourth-order valence-corrected chi connectivity index (χ4v) is 5.14. The Labute approximate surface area is 207 Å². The van der Waals surface area contributed by atoms with Crippen LogP contribution >= 0.6 is 0 Å². The average molecular weight is 477 g/mol. The summed E-state index contributed by atoms with van der Waals surface area (Å²) in [6.07, 6.45) is 3.29. The zero-order valence-electron chi connectivity index (χ0n) is 20.8. The first-order valence-corrected chi connectivity index (χ1v) is 12.6. The highest BCUT2D eigenvalue weighted by Crippen LogP contribution is 2.21. The molecule has 0 aliphatic carbocycles. The van der Waals surface area contributed by atoms with Gasteiger partial charge in [0.2, 0.25) is 11.8 Å². The second-order valence-electron chi connectivity index (χ2n) is 9.94. The van der Waals surface area contributed by atoms with E-state index in [1.165, 1.54) is 0 Å². The largest absolute Gasteiger partial charge is 0.353 e. The van der Waals surface area contributed by atoms with Crippen LogP contribution in [0.25, 0.3) is 0 Å². The van der Waals surface area contributed by atoms with E-state index in [1.807, 2.05) is 61.2 Å². The third kappa shape index (κ3) is 6.92. The van der Waals surface area contributed by atoms with Gasteiger partial charge in [0.15, 0.2) is 0 Å². The number of piperidine rings is 2. The van der Waals surface area contributed by atoms with E-state index in [2.05, 4.69) is 21.6 Å². The van der Waals surface area contributed by atoms with Crippen LogP contribution in [0.1, 0.15) is 47.2 Å². The SMILES string of the molecule is Cc1cc(C)cc(C(=O)N2CCCC(C(=O)NC3CCN(CC(=O)Nc4ccccc4)CC3)C2)c1. The lowest BCUT2D eigenvalue weighted by atomic mass is 9.95. The van der Waals surface area contributed by atoms with Gasteiger partial charge in [-0.1, -0.05) is 35.4 Å². The van der Waals surface area contributed by atoms with Crippen molar-refractivity contribution in [2.24, 2.45) is 5.92 Å². The summed E-state index contributed by atoms with van der Waals surface area (Å²) in [5, 5.41) is 6.14. The quantitative estimate of drug-likeness (QED) is 0.670. The lowest BCUT2D eigenvalue weighted by molar-refractivity contribution is -0.127. The Balaban J connectivity index is 1.22. The Kier molecular flexibility index (Phi) is 8.18. The van der Waals surface area contributed by atoms with Gasteiger partial charge < -0.3 is 15.5 Å². The molecule has 0 bridgehead atoms. The van der Waals surface area contributed by atoms with Gasteiger partial charge in [-0.05, 0) is 63.8 Å². The molecule has 0 aromatic heterocycles. The monoisotopic (exact) mass is 476 g/mol. The Morgan fingerprint density at radius 1 is 0.914 bits per heavy atom. The summed E-state index contributed by atoms with van der Waals surface area (Å²) in [5.41, 5.74) is 3.65. The van der Waals surface area contributed by atoms with Gasteiger partial charge in [-0.15, -0.1) is 0 Å². The first kappa shape index (κ1) is 24.9. The number of hydrogen-bond acceptors (Lipinski definition) is 4. The molecule has 35 heavy (non-hydrogen) atoms. The third-order valence-electron chi connectivity index (χ3n) is 6.91. The highest BCUT2D eigenvalue weighted by molar-refractivity contribution is 5.95. The minimum Gasteiger partial charge on any atom is -0.353 e. The van der Waals surface area contributed by atoms with Crippen LogP contribution in [-0.2, 0) is 9.59 Å². The zero-order chi connectivity index (χ0) is 24.8. The van der Waals surface area contributed by atoms with Crippen LogP contribution in [0.2, 0.25) is 0 Å². The van der Waals surface area contributed by atoms with Crippen molar-refractivity contribution in [1.82, 2.24) is 15.1 Å². The predicted molar refractivity (Wildman–Crippen MR) is 137 cm³/mol. The minimum absolute atomic E-state index is 0.0105. The van der Waals surface area contributed by atoms with Crippen LogP contribution in [0.15, 0.2) is 48.5 Å². The van der Waals surface area contributed by atoms with Crippen molar-refractivity contribution < 1.29 is 14.4 Å². The molecule has 2 aliphatic heterocycles. The molecule has 3 amide bonds. The number of amides is 3. The molecule has 1 unspecified atom stereocenters. The maximum atomic E-state index is 13.1. The topological polar surface area (TPSA) is 81.8 Å². The Morgan fingerprint density at radius 2 is 1.60 bits per heavy atom. The molecular formula is C28H36N4O3. The molecule has 0 saturated carbocycles. The van der Waals surface area contributed by atoms with E-state index in [4.69, 9.17) is 0 Å². The highest BCUT2D eigenvalue weighted by atomic mass is 16.2. The molecule has 186 valence electrons. The number of para-hydroxylation sites is 1. The van der Waals surface area contributed by atoms with Crippen LogP contribution in [-0.4, -0.2) is 66.3 Å². The Hall–Kier alpha value is -3.19. The number of benzene rings is 2. The molecule has 0 spiro atoms. The number of carbonyl (C=O) groups is 3. The summed E-state index contributed by atoms with van der Waals surface area (Å²) >= 11 is 0. The molecule has 4 rings (SSSR count). The zero-order valence-corrected chi connectivity index (χ0v) is 20.8. The summed E-state index contributed by atoms with van der Waals surface area (Å²) in [6.45, 7) is 7.06. The summed E-state index contributed by atoms with van der Waals surface area (Å²) in [5.74, 6) is -0.137. The van der Waals surface area contributed by atoms with E-state index in [-0.39, 0.29) is 29.7 Å². The molecule has 2 aliphatic rings. The van der Waals surface area contributed by atoms with Crippen LogP contribution in [0.3, 0.4) is 0 Å². The molecule has 1 atom stereocenters. The van der Waals surface area contributed by atoms with Crippen molar-refractivity contribution in [3.63, 3.8) is 0 Å². The lowest BCUT2D eigenvalue weighted by Gasteiger charge is -2.35. The van der Waals surface area contributed by atoms with E-state index in [0.29, 0.717) is 25.2 Å². The highest BCUT2D eigenvalue weighted by Gasteiger charge is 2.31. The van der Waals surface area contributed by atoms with Gasteiger partial charge in [0.05, 0.1) is 12.5 Å². The molecule has 7 nitrogen and oxygen atoms in total. The van der Waals surface area contributed by atoms with Gasteiger partial charge >= 0.3 is 0 Å². The smallest absolute Gasteiger partial charge is 0.253 e. The number of anilines is 1. The van der Waals surface area contributed by atoms with Gasteiger partial charge in [-0.3, -0.25) is 19.3 Å². The number of rotatable bonds is 6. The molecule has 2 heterocycles. The van der Waals surface area contributed by atoms with Crippen molar-refractivity contribution in [2.75, 3.05) is 38.0 Å². The van der Waals surface area contributed by atoms with Crippen molar-refractivity contribution >= 4 is 23.4 Å². The van der Waals surface area contributed by atoms with Gasteiger partial charge in [-0.2, -0.15) is 0 Å². The number of nitrogens with one attached hydrogen (secondary N) is 2. The van der Waals surface area contributed by atoms with E-state index >= 15 is 0 Å². The maximum absolute atomic E-state index is 13.1. The molecule has 2 fully saturated rings. The fourth-order valence-electron chi connectivity index (χ4n) is 5.14. The molecule has 2 saturated heterocycles. The van der Waals surface area contributed by atoms with E-state index in [0.717, 1.165) is 55.6 Å². The van der Waals surface area contributed by atoms with Gasteiger partial charge in [0, 0.05) is 43.5 Å². The summed E-state index contributed by atoms with van der Waals surface area (Å²) in [6, 6.07) is 15.5. The normalized spacial score (nSPS) is 19.3. The van der Waals surface area contributed by atoms with Gasteiger partial charge in [0.25, 0.3) is 5.91 Å². The summed E-state index contributed by atoms with van der Waals surface area (Å²) in [7, 11) is 0. The van der Waals surface area contributed by atoms with Crippen molar-refractivity contribution in [2.45, 2.75) is 45.6 Å². The van der Waals surface area contributed by atoms with E-state index < -0.39 is 0 Å². The number of likely N-dealkylation sites (tertiary alicyclic amines) is 2. The molecule has 2 aromatic carbocycles. The summed E-state index contributed by atoms with van der Waals surface area (Å²) < 4.78 is 0. The van der Waals surface area contributed by atoms with Crippen LogP contribution in [0, 0.1) is 19.8 Å². The van der Waals surface area contributed by atoms with Crippen LogP contribution in [0.5, 0.6) is 0 Å². The average Bonchev–Trinajstić information content (AvgIpc) is 2.85. The van der Waals surface area contributed by atoms with Crippen molar-refractivity contribution in [3.05, 3.63) is 65.2 Å². The molecule has 2 aromatic rings. The second-order valence-corrected chi connectivity index (χ2v) is 9.94. The van der Waals surface area contributed by atoms with Crippen molar-refractivity contribution in [1.29, 1.82) is 0 Å². The molecule has 2 N–H and O–H groups in total. The van der Waals surface area contributed by atoms with Crippen LogP contribution in [0.4, 0.5) is 5.69 Å². The maximum Gasteiger partial charge on any atom is 0.253 e. The predicted octanol–water partition coefficient (Wildman–Crippen LogP) is 3.37. The minimum atomic E-state index is -0.173. The molecular weight excluding hydrogens is 440 g/mol. The molecule has 7 heteroatoms. The third-order valence-corrected chi connectivity index (χ3v) is 6.91.